The Labute approximate surface area is 93.2 Å². The van der Waals surface area contributed by atoms with E-state index < -0.39 is 0 Å². The third-order valence-corrected chi connectivity index (χ3v) is 2.81. The van der Waals surface area contributed by atoms with E-state index in [4.69, 9.17) is 0 Å². The molecule has 82 valence electrons. The molecule has 1 nitrogen and oxygen atoms in total. The van der Waals surface area contributed by atoms with Crippen LogP contribution in [0.4, 0.5) is 0 Å². The van der Waals surface area contributed by atoms with Gasteiger partial charge in [0.15, 0.2) is 0 Å². The van der Waals surface area contributed by atoms with Crippen LogP contribution in [-0.4, -0.2) is 6.54 Å². The van der Waals surface area contributed by atoms with Crippen molar-refractivity contribution < 1.29 is 0 Å². The standard InChI is InChI=1S/C14H21N/c1-5-11(2)10-15-13(4)14-9-7-6-8-12(14)3/h6-9,13,15H,2,5,10H2,1,3-4H3. The molecule has 0 aliphatic carbocycles. The van der Waals surface area contributed by atoms with Crippen molar-refractivity contribution in [1.82, 2.24) is 5.32 Å². The maximum Gasteiger partial charge on any atom is 0.0297 e. The molecule has 0 heterocycles. The van der Waals surface area contributed by atoms with Crippen LogP contribution < -0.4 is 5.32 Å². The third-order valence-electron chi connectivity index (χ3n) is 2.81. The lowest BCUT2D eigenvalue weighted by molar-refractivity contribution is 0.599. The highest BCUT2D eigenvalue weighted by atomic mass is 14.9. The van der Waals surface area contributed by atoms with E-state index in [2.05, 4.69) is 56.9 Å². The van der Waals surface area contributed by atoms with Gasteiger partial charge in [0.05, 0.1) is 0 Å². The van der Waals surface area contributed by atoms with Gasteiger partial charge >= 0.3 is 0 Å². The Morgan fingerprint density at radius 2 is 2.07 bits per heavy atom. The fourth-order valence-electron chi connectivity index (χ4n) is 1.61. The number of aryl methyl sites for hydroxylation is 1. The zero-order valence-corrected chi connectivity index (χ0v) is 10.0. The maximum absolute atomic E-state index is 4.00. The number of hydrogen-bond donors (Lipinski definition) is 1. The minimum atomic E-state index is 0.398. The molecule has 0 saturated carbocycles. The summed E-state index contributed by atoms with van der Waals surface area (Å²) in [5, 5.41) is 3.49. The van der Waals surface area contributed by atoms with Crippen molar-refractivity contribution in [2.75, 3.05) is 6.54 Å². The Morgan fingerprint density at radius 1 is 1.40 bits per heavy atom. The van der Waals surface area contributed by atoms with Gasteiger partial charge in [-0.15, -0.1) is 0 Å². The zero-order valence-electron chi connectivity index (χ0n) is 10.0. The molecule has 1 atom stereocenters. The summed E-state index contributed by atoms with van der Waals surface area (Å²) in [6, 6.07) is 8.91. The van der Waals surface area contributed by atoms with Crippen LogP contribution in [0.3, 0.4) is 0 Å². The molecule has 0 spiro atoms. The average Bonchev–Trinajstić information content (AvgIpc) is 2.26. The van der Waals surface area contributed by atoms with Crippen molar-refractivity contribution >= 4 is 0 Å². The van der Waals surface area contributed by atoms with Gasteiger partial charge in [-0.25, -0.2) is 0 Å². The van der Waals surface area contributed by atoms with Crippen LogP contribution in [0.1, 0.15) is 37.4 Å². The first-order valence-corrected chi connectivity index (χ1v) is 5.60. The van der Waals surface area contributed by atoms with Crippen LogP contribution >= 0.6 is 0 Å². The number of hydrogen-bond acceptors (Lipinski definition) is 1. The molecular formula is C14H21N. The van der Waals surface area contributed by atoms with E-state index >= 15 is 0 Å². The average molecular weight is 203 g/mol. The minimum Gasteiger partial charge on any atom is -0.306 e. The largest absolute Gasteiger partial charge is 0.306 e. The second-order valence-electron chi connectivity index (χ2n) is 4.06. The Hall–Kier alpha value is -1.08. The molecule has 1 heteroatoms. The first-order chi connectivity index (χ1) is 7.15. The topological polar surface area (TPSA) is 12.0 Å². The maximum atomic E-state index is 4.00. The van der Waals surface area contributed by atoms with E-state index in [1.807, 2.05) is 0 Å². The van der Waals surface area contributed by atoms with E-state index in [1.54, 1.807) is 0 Å². The van der Waals surface area contributed by atoms with Gasteiger partial charge in [-0.3, -0.25) is 0 Å². The van der Waals surface area contributed by atoms with Crippen LogP contribution in [-0.2, 0) is 0 Å². The molecule has 0 aromatic heterocycles. The van der Waals surface area contributed by atoms with Gasteiger partial charge in [-0.2, -0.15) is 0 Å². The first kappa shape index (κ1) is 12.0. The van der Waals surface area contributed by atoms with Crippen LogP contribution in [0.25, 0.3) is 0 Å². The number of rotatable bonds is 5. The molecule has 0 fully saturated rings. The van der Waals surface area contributed by atoms with E-state index in [0.717, 1.165) is 13.0 Å². The van der Waals surface area contributed by atoms with Gasteiger partial charge in [-0.05, 0) is 31.4 Å². The molecule has 1 aromatic carbocycles. The summed E-state index contributed by atoms with van der Waals surface area (Å²) in [5.74, 6) is 0. The van der Waals surface area contributed by atoms with Crippen LogP contribution in [0, 0.1) is 6.92 Å². The Bertz CT molecular complexity index is 328. The molecule has 0 saturated heterocycles. The third kappa shape index (κ3) is 3.52. The van der Waals surface area contributed by atoms with Gasteiger partial charge in [-0.1, -0.05) is 43.3 Å². The van der Waals surface area contributed by atoms with Gasteiger partial charge < -0.3 is 5.32 Å². The van der Waals surface area contributed by atoms with Gasteiger partial charge in [0.2, 0.25) is 0 Å². The molecule has 1 aromatic rings. The molecule has 15 heavy (non-hydrogen) atoms. The van der Waals surface area contributed by atoms with Crippen LogP contribution in [0.5, 0.6) is 0 Å². The van der Waals surface area contributed by atoms with Crippen LogP contribution in [0.2, 0.25) is 0 Å². The van der Waals surface area contributed by atoms with Gasteiger partial charge in [0, 0.05) is 12.6 Å². The molecular weight excluding hydrogens is 182 g/mol. The zero-order chi connectivity index (χ0) is 11.3. The monoisotopic (exact) mass is 203 g/mol. The second kappa shape index (κ2) is 5.72. The summed E-state index contributed by atoms with van der Waals surface area (Å²) in [7, 11) is 0. The lowest BCUT2D eigenvalue weighted by atomic mass is 10.0. The fraction of sp³-hybridized carbons (Fsp3) is 0.429. The molecule has 0 amide bonds. The molecule has 0 bridgehead atoms. The summed E-state index contributed by atoms with van der Waals surface area (Å²) in [6.07, 6.45) is 1.05. The fourth-order valence-corrected chi connectivity index (χ4v) is 1.61. The predicted molar refractivity (Wildman–Crippen MR) is 67.0 cm³/mol. The SMILES string of the molecule is C=C(CC)CNC(C)c1ccccc1C. The van der Waals surface area contributed by atoms with E-state index in [0.29, 0.717) is 6.04 Å². The van der Waals surface area contributed by atoms with Gasteiger partial charge in [0.25, 0.3) is 0 Å². The predicted octanol–water partition coefficient (Wildman–Crippen LogP) is 3.61. The molecule has 0 aliphatic heterocycles. The highest BCUT2D eigenvalue weighted by molar-refractivity contribution is 5.28. The van der Waals surface area contributed by atoms with E-state index in [9.17, 15) is 0 Å². The molecule has 0 radical (unpaired) electrons. The van der Waals surface area contributed by atoms with Crippen molar-refractivity contribution in [3.05, 3.63) is 47.5 Å². The van der Waals surface area contributed by atoms with Crippen molar-refractivity contribution in [2.45, 2.75) is 33.2 Å². The van der Waals surface area contributed by atoms with Gasteiger partial charge in [0.1, 0.15) is 0 Å². The molecule has 0 aliphatic rings. The van der Waals surface area contributed by atoms with E-state index in [1.165, 1.54) is 16.7 Å². The highest BCUT2D eigenvalue weighted by Crippen LogP contribution is 2.16. The van der Waals surface area contributed by atoms with Crippen LogP contribution in [0.15, 0.2) is 36.4 Å². The summed E-state index contributed by atoms with van der Waals surface area (Å²) >= 11 is 0. The summed E-state index contributed by atoms with van der Waals surface area (Å²) in [6.45, 7) is 11.4. The number of benzene rings is 1. The minimum absolute atomic E-state index is 0.398. The smallest absolute Gasteiger partial charge is 0.0297 e. The Morgan fingerprint density at radius 3 is 2.67 bits per heavy atom. The molecule has 1 unspecified atom stereocenters. The molecule has 1 N–H and O–H groups in total. The lowest BCUT2D eigenvalue weighted by Gasteiger charge is -2.17. The van der Waals surface area contributed by atoms with Crippen molar-refractivity contribution in [3.63, 3.8) is 0 Å². The quantitative estimate of drug-likeness (QED) is 0.721. The Balaban J connectivity index is 2.57. The lowest BCUT2D eigenvalue weighted by Crippen LogP contribution is -2.21. The first-order valence-electron chi connectivity index (χ1n) is 5.60. The second-order valence-corrected chi connectivity index (χ2v) is 4.06. The highest BCUT2D eigenvalue weighted by Gasteiger charge is 2.06. The van der Waals surface area contributed by atoms with E-state index in [-0.39, 0.29) is 0 Å². The Kier molecular flexibility index (Phi) is 4.57. The summed E-state index contributed by atoms with van der Waals surface area (Å²) in [5.41, 5.74) is 3.98. The van der Waals surface area contributed by atoms with Crippen molar-refractivity contribution in [1.29, 1.82) is 0 Å². The normalized spacial score (nSPS) is 12.5. The van der Waals surface area contributed by atoms with Crippen molar-refractivity contribution in [2.24, 2.45) is 0 Å². The number of nitrogens with one attached hydrogen (secondary N) is 1. The van der Waals surface area contributed by atoms with Crippen molar-refractivity contribution in [3.8, 4) is 0 Å². The summed E-state index contributed by atoms with van der Waals surface area (Å²) in [4.78, 5) is 0. The molecule has 1 rings (SSSR count). The summed E-state index contributed by atoms with van der Waals surface area (Å²) < 4.78 is 0.